The van der Waals surface area contributed by atoms with Gasteiger partial charge in [-0.05, 0) is 43.7 Å². The van der Waals surface area contributed by atoms with Crippen LogP contribution in [0.4, 0.5) is 11.4 Å². The molecule has 106 valence electrons. The zero-order chi connectivity index (χ0) is 15.0. The average molecular weight is 280 g/mol. The minimum Gasteiger partial charge on any atom is -0.451 e. The molecule has 1 amide bonds. The van der Waals surface area contributed by atoms with Crippen molar-refractivity contribution in [1.82, 2.24) is 0 Å². The summed E-state index contributed by atoms with van der Waals surface area (Å²) in [4.78, 5) is 12.3. The molecule has 2 aromatic carbocycles. The van der Waals surface area contributed by atoms with Crippen molar-refractivity contribution < 1.29 is 9.21 Å². The third kappa shape index (κ3) is 2.48. The Kier molecular flexibility index (Phi) is 3.14. The maximum absolute atomic E-state index is 12.3. The van der Waals surface area contributed by atoms with Crippen LogP contribution in [-0.4, -0.2) is 5.91 Å². The maximum Gasteiger partial charge on any atom is 0.291 e. The van der Waals surface area contributed by atoms with Gasteiger partial charge in [-0.3, -0.25) is 4.79 Å². The molecule has 0 aliphatic carbocycles. The molecule has 0 radical (unpaired) electrons. The number of nitrogens with one attached hydrogen (secondary N) is 1. The molecule has 1 aromatic heterocycles. The molecule has 3 N–H and O–H groups in total. The first-order chi connectivity index (χ1) is 10.0. The van der Waals surface area contributed by atoms with Crippen molar-refractivity contribution >= 4 is 28.3 Å². The molecule has 4 nitrogen and oxygen atoms in total. The van der Waals surface area contributed by atoms with Crippen molar-refractivity contribution in [2.24, 2.45) is 0 Å². The van der Waals surface area contributed by atoms with Crippen LogP contribution in [0.1, 0.15) is 21.7 Å². The second kappa shape index (κ2) is 4.98. The first kappa shape index (κ1) is 13.2. The molecule has 0 unspecified atom stereocenters. The number of fused-ring (bicyclic) bond motifs is 1. The van der Waals surface area contributed by atoms with Gasteiger partial charge in [0, 0.05) is 5.39 Å². The summed E-state index contributed by atoms with van der Waals surface area (Å²) >= 11 is 0. The van der Waals surface area contributed by atoms with Gasteiger partial charge in [0.05, 0.1) is 11.4 Å². The number of anilines is 2. The number of furan rings is 1. The first-order valence-electron chi connectivity index (χ1n) is 6.71. The monoisotopic (exact) mass is 280 g/mol. The lowest BCUT2D eigenvalue weighted by atomic mass is 10.1. The SMILES string of the molecule is Cc1ccc2oc(C(=O)Nc3c(C)cccc3N)cc2c1. The second-order valence-corrected chi connectivity index (χ2v) is 5.15. The molecule has 0 saturated carbocycles. The van der Waals surface area contributed by atoms with Crippen LogP contribution in [-0.2, 0) is 0 Å². The van der Waals surface area contributed by atoms with Crippen molar-refractivity contribution in [3.8, 4) is 0 Å². The smallest absolute Gasteiger partial charge is 0.291 e. The first-order valence-corrected chi connectivity index (χ1v) is 6.71. The Morgan fingerprint density at radius 3 is 2.71 bits per heavy atom. The number of hydrogen-bond acceptors (Lipinski definition) is 3. The van der Waals surface area contributed by atoms with E-state index in [-0.39, 0.29) is 11.7 Å². The van der Waals surface area contributed by atoms with E-state index in [2.05, 4.69) is 5.32 Å². The number of hydrogen-bond donors (Lipinski definition) is 2. The summed E-state index contributed by atoms with van der Waals surface area (Å²) < 4.78 is 5.58. The zero-order valence-corrected chi connectivity index (χ0v) is 11.9. The number of para-hydroxylation sites is 1. The molecule has 1 heterocycles. The quantitative estimate of drug-likeness (QED) is 0.700. The van der Waals surface area contributed by atoms with Crippen LogP contribution in [0, 0.1) is 13.8 Å². The summed E-state index contributed by atoms with van der Waals surface area (Å²) in [6, 6.07) is 13.0. The number of carbonyl (C=O) groups excluding carboxylic acids is 1. The van der Waals surface area contributed by atoms with Crippen LogP contribution >= 0.6 is 0 Å². The number of nitrogen functional groups attached to an aromatic ring is 1. The number of nitrogens with two attached hydrogens (primary N) is 1. The number of rotatable bonds is 2. The third-order valence-corrected chi connectivity index (χ3v) is 3.44. The normalized spacial score (nSPS) is 10.8. The lowest BCUT2D eigenvalue weighted by Gasteiger charge is -2.09. The van der Waals surface area contributed by atoms with Gasteiger partial charge in [-0.2, -0.15) is 0 Å². The Hall–Kier alpha value is -2.75. The predicted octanol–water partition coefficient (Wildman–Crippen LogP) is 3.88. The van der Waals surface area contributed by atoms with Gasteiger partial charge in [-0.15, -0.1) is 0 Å². The summed E-state index contributed by atoms with van der Waals surface area (Å²) in [5.74, 6) is -0.0249. The Morgan fingerprint density at radius 2 is 1.95 bits per heavy atom. The largest absolute Gasteiger partial charge is 0.451 e. The van der Waals surface area contributed by atoms with E-state index in [9.17, 15) is 4.79 Å². The summed E-state index contributed by atoms with van der Waals surface area (Å²) in [5.41, 5.74) is 9.79. The van der Waals surface area contributed by atoms with Crippen molar-refractivity contribution in [3.63, 3.8) is 0 Å². The Balaban J connectivity index is 1.94. The fourth-order valence-corrected chi connectivity index (χ4v) is 2.31. The second-order valence-electron chi connectivity index (χ2n) is 5.15. The predicted molar refractivity (Wildman–Crippen MR) is 84.5 cm³/mol. The molecular weight excluding hydrogens is 264 g/mol. The third-order valence-electron chi connectivity index (χ3n) is 3.44. The molecular formula is C17H16N2O2. The van der Waals surface area contributed by atoms with Crippen molar-refractivity contribution in [2.75, 3.05) is 11.1 Å². The molecule has 3 aromatic rings. The number of benzene rings is 2. The fourth-order valence-electron chi connectivity index (χ4n) is 2.31. The molecule has 0 bridgehead atoms. The Labute approximate surface area is 122 Å². The highest BCUT2D eigenvalue weighted by molar-refractivity contribution is 6.06. The zero-order valence-electron chi connectivity index (χ0n) is 11.9. The molecule has 0 saturated heterocycles. The summed E-state index contributed by atoms with van der Waals surface area (Å²) in [6.45, 7) is 3.90. The molecule has 0 atom stereocenters. The van der Waals surface area contributed by atoms with Crippen LogP contribution in [0.5, 0.6) is 0 Å². The van der Waals surface area contributed by atoms with E-state index in [1.54, 1.807) is 12.1 Å². The number of amides is 1. The number of aryl methyl sites for hydroxylation is 2. The van der Waals surface area contributed by atoms with E-state index in [1.165, 1.54) is 0 Å². The Morgan fingerprint density at radius 1 is 1.14 bits per heavy atom. The maximum atomic E-state index is 12.3. The summed E-state index contributed by atoms with van der Waals surface area (Å²) in [6.07, 6.45) is 0. The van der Waals surface area contributed by atoms with Gasteiger partial charge >= 0.3 is 0 Å². The highest BCUT2D eigenvalue weighted by Crippen LogP contribution is 2.25. The van der Waals surface area contributed by atoms with Crippen LogP contribution < -0.4 is 11.1 Å². The molecule has 4 heteroatoms. The van der Waals surface area contributed by atoms with Crippen LogP contribution in [0.3, 0.4) is 0 Å². The molecule has 0 aliphatic rings. The van der Waals surface area contributed by atoms with Gasteiger partial charge in [0.2, 0.25) is 0 Å². The van der Waals surface area contributed by atoms with Gasteiger partial charge in [-0.25, -0.2) is 0 Å². The van der Waals surface area contributed by atoms with E-state index in [1.807, 2.05) is 44.2 Å². The molecule has 21 heavy (non-hydrogen) atoms. The molecule has 0 spiro atoms. The summed E-state index contributed by atoms with van der Waals surface area (Å²) in [7, 11) is 0. The topological polar surface area (TPSA) is 68.3 Å². The van der Waals surface area contributed by atoms with E-state index < -0.39 is 0 Å². The van der Waals surface area contributed by atoms with Crippen LogP contribution in [0.15, 0.2) is 46.9 Å². The van der Waals surface area contributed by atoms with E-state index in [4.69, 9.17) is 10.2 Å². The molecule has 0 fully saturated rings. The van der Waals surface area contributed by atoms with Gasteiger partial charge in [0.1, 0.15) is 5.58 Å². The van der Waals surface area contributed by atoms with Crippen LogP contribution in [0.2, 0.25) is 0 Å². The van der Waals surface area contributed by atoms with Crippen molar-refractivity contribution in [3.05, 3.63) is 59.4 Å². The van der Waals surface area contributed by atoms with Crippen molar-refractivity contribution in [1.29, 1.82) is 0 Å². The lowest BCUT2D eigenvalue weighted by Crippen LogP contribution is -2.13. The van der Waals surface area contributed by atoms with Gasteiger partial charge in [-0.1, -0.05) is 23.8 Å². The van der Waals surface area contributed by atoms with Gasteiger partial charge < -0.3 is 15.5 Å². The van der Waals surface area contributed by atoms with Crippen molar-refractivity contribution in [2.45, 2.75) is 13.8 Å². The minimum absolute atomic E-state index is 0.276. The summed E-state index contributed by atoms with van der Waals surface area (Å²) in [5, 5.41) is 3.73. The van der Waals surface area contributed by atoms with Gasteiger partial charge in [0.25, 0.3) is 5.91 Å². The number of carbonyl (C=O) groups is 1. The lowest BCUT2D eigenvalue weighted by molar-refractivity contribution is 0.0998. The minimum atomic E-state index is -0.301. The van der Waals surface area contributed by atoms with E-state index in [0.29, 0.717) is 17.0 Å². The standard InChI is InChI=1S/C17H16N2O2/c1-10-6-7-14-12(8-10)9-15(21-14)17(20)19-16-11(2)4-3-5-13(16)18/h3-9H,18H2,1-2H3,(H,19,20). The molecule has 0 aliphatic heterocycles. The van der Waals surface area contributed by atoms with Crippen LogP contribution in [0.25, 0.3) is 11.0 Å². The van der Waals surface area contributed by atoms with E-state index in [0.717, 1.165) is 16.5 Å². The Bertz CT molecular complexity index is 814. The highest BCUT2D eigenvalue weighted by Gasteiger charge is 2.14. The average Bonchev–Trinajstić information content (AvgIpc) is 2.86. The highest BCUT2D eigenvalue weighted by atomic mass is 16.3. The molecule has 3 rings (SSSR count). The fraction of sp³-hybridized carbons (Fsp3) is 0.118. The van der Waals surface area contributed by atoms with E-state index >= 15 is 0 Å². The van der Waals surface area contributed by atoms with Gasteiger partial charge in [0.15, 0.2) is 5.76 Å².